The predicted octanol–water partition coefficient (Wildman–Crippen LogP) is -1.64. The quantitative estimate of drug-likeness (QED) is 0.0318. The molecule has 3 aliphatic rings. The summed E-state index contributed by atoms with van der Waals surface area (Å²) in [6.45, 7) is 3.88. The molecule has 22 heteroatoms. The van der Waals surface area contributed by atoms with Crippen LogP contribution < -0.4 is 10.1 Å². The molecule has 4 amide bonds. The van der Waals surface area contributed by atoms with E-state index in [2.05, 4.69) is 14.6 Å². The molecule has 20 nitrogen and oxygen atoms in total. The zero-order valence-electron chi connectivity index (χ0n) is 31.6. The molecule has 3 aliphatic heterocycles. The van der Waals surface area contributed by atoms with E-state index in [0.29, 0.717) is 30.4 Å². The van der Waals surface area contributed by atoms with Gasteiger partial charge >= 0.3 is 11.9 Å². The minimum Gasteiger partial charge on any atom is -0.479 e. The van der Waals surface area contributed by atoms with Crippen molar-refractivity contribution in [2.24, 2.45) is 5.41 Å². The Morgan fingerprint density at radius 3 is 2.35 bits per heavy atom. The van der Waals surface area contributed by atoms with Crippen molar-refractivity contribution in [2.75, 3.05) is 32.1 Å². The van der Waals surface area contributed by atoms with Gasteiger partial charge in [0.05, 0.1) is 42.6 Å². The first-order valence-electron chi connectivity index (χ1n) is 18.2. The molecule has 57 heavy (non-hydrogen) atoms. The van der Waals surface area contributed by atoms with Gasteiger partial charge in [-0.3, -0.25) is 33.4 Å². The first kappa shape index (κ1) is 45.9. The highest BCUT2D eigenvalue weighted by molar-refractivity contribution is 7.85. The number of rotatable bonds is 18. The number of carbonyl (C=O) groups excluding carboxylic acids is 5. The maximum Gasteiger partial charge on any atom is 0.335 e. The number of benzene rings is 1. The fraction of sp³-hybridized carbons (Fsp3) is 0.657. The summed E-state index contributed by atoms with van der Waals surface area (Å²) in [5, 5.41) is 43.0. The average molecular weight is 848 g/mol. The Balaban J connectivity index is 1.36. The molecule has 0 bridgehead atoms. The SMILES string of the molecule is CC(C)(C)C(=O)OCc1ccc(CCCCNC(=O)CN2C(=O)[C@@H](N3C(=O)CC(P)C3=O)C[C@H]2COCCS(=O)(=O)O)cc1O[C@@H]1O[C@H](C(=O)O)[C@@H](O)[C@H](O)[C@H]1O. The fourth-order valence-corrected chi connectivity index (χ4v) is 7.03. The number of aryl methyl sites for hydroxylation is 1. The minimum atomic E-state index is -4.31. The molecule has 4 rings (SSSR count). The number of aliphatic carboxylic acids is 1. The zero-order chi connectivity index (χ0) is 42.4. The molecule has 0 spiro atoms. The van der Waals surface area contributed by atoms with Crippen LogP contribution in [0.2, 0.25) is 0 Å². The van der Waals surface area contributed by atoms with Gasteiger partial charge < -0.3 is 49.6 Å². The second-order valence-electron chi connectivity index (χ2n) is 15.1. The molecule has 3 heterocycles. The first-order chi connectivity index (χ1) is 26.6. The van der Waals surface area contributed by atoms with Gasteiger partial charge in [0.2, 0.25) is 29.9 Å². The van der Waals surface area contributed by atoms with Crippen LogP contribution in [-0.2, 0) is 66.1 Å². The fourth-order valence-electron chi connectivity index (χ4n) is 6.33. The Hall–Kier alpha value is -3.82. The van der Waals surface area contributed by atoms with E-state index in [4.69, 9.17) is 23.5 Å². The predicted molar refractivity (Wildman–Crippen MR) is 198 cm³/mol. The van der Waals surface area contributed by atoms with Crippen molar-refractivity contribution in [2.45, 2.75) is 108 Å². The number of hydrogen-bond acceptors (Lipinski definition) is 15. The van der Waals surface area contributed by atoms with Crippen LogP contribution >= 0.6 is 9.24 Å². The van der Waals surface area contributed by atoms with Crippen LogP contribution in [-0.4, -0.2) is 159 Å². The van der Waals surface area contributed by atoms with Gasteiger partial charge in [0, 0.05) is 18.5 Å². The van der Waals surface area contributed by atoms with Crippen molar-refractivity contribution in [1.29, 1.82) is 0 Å². The summed E-state index contributed by atoms with van der Waals surface area (Å²) < 4.78 is 53.1. The van der Waals surface area contributed by atoms with Crippen molar-refractivity contribution >= 4 is 54.9 Å². The molecule has 9 atom stereocenters. The standard InChI is InChI=1S/C35H50N3O17PS/c1-35(2,3)34(48)53-16-19-8-7-18(12-22(19)54-33-28(43)26(41)27(42)29(55-33)32(46)47)6-4-5-9-36-24(39)15-37-20(17-52-10-11-57(49,50)51)13-21(30(37)44)38-25(40)14-23(56)31(38)45/h7-8,12,20-21,23,26-29,33,41-43H,4-6,9-11,13-17,56H2,1-3H3,(H,36,39)(H,46,47)(H,49,50,51)/t20-,21-,23?,26-,27-,28+,29-,33+/m0/s1. The largest absolute Gasteiger partial charge is 0.479 e. The highest BCUT2D eigenvalue weighted by Crippen LogP contribution is 2.32. The summed E-state index contributed by atoms with van der Waals surface area (Å²) in [4.78, 5) is 77.8. The molecule has 1 aromatic carbocycles. The number of aliphatic hydroxyl groups excluding tert-OH is 3. The first-order valence-corrected chi connectivity index (χ1v) is 20.5. The highest BCUT2D eigenvalue weighted by atomic mass is 32.2. The third-order valence-corrected chi connectivity index (χ3v) is 10.7. The van der Waals surface area contributed by atoms with E-state index in [1.165, 1.54) is 4.90 Å². The lowest BCUT2D eigenvalue weighted by atomic mass is 9.97. The maximum atomic E-state index is 13.4. The smallest absolute Gasteiger partial charge is 0.335 e. The summed E-state index contributed by atoms with van der Waals surface area (Å²) in [5.41, 5.74) is -0.486. The van der Waals surface area contributed by atoms with Crippen LogP contribution in [0.5, 0.6) is 5.75 Å². The Morgan fingerprint density at radius 2 is 1.74 bits per heavy atom. The van der Waals surface area contributed by atoms with Crippen LogP contribution in [0.25, 0.3) is 0 Å². The topological polar surface area (TPSA) is 293 Å². The second kappa shape index (κ2) is 19.3. The molecular weight excluding hydrogens is 797 g/mol. The molecule has 0 radical (unpaired) electrons. The number of likely N-dealkylation sites (tertiary alicyclic amines) is 2. The molecule has 0 aliphatic carbocycles. The third kappa shape index (κ3) is 12.1. The van der Waals surface area contributed by atoms with Crippen LogP contribution in [0.3, 0.4) is 0 Å². The van der Waals surface area contributed by atoms with E-state index in [1.54, 1.807) is 39.0 Å². The van der Waals surface area contributed by atoms with Gasteiger partial charge in [0.1, 0.15) is 36.7 Å². The van der Waals surface area contributed by atoms with Crippen molar-refractivity contribution < 1.29 is 81.1 Å². The molecule has 6 N–H and O–H groups in total. The second-order valence-corrected chi connectivity index (χ2v) is 17.5. The summed E-state index contributed by atoms with van der Waals surface area (Å²) in [5.74, 6) is -5.00. The molecule has 2 unspecified atom stereocenters. The van der Waals surface area contributed by atoms with E-state index in [0.717, 1.165) is 4.90 Å². The lowest BCUT2D eigenvalue weighted by Crippen LogP contribution is -2.61. The number of aliphatic hydroxyl groups is 3. The number of carboxylic acids is 1. The number of hydrogen-bond donors (Lipinski definition) is 6. The number of amides is 4. The van der Waals surface area contributed by atoms with Crippen molar-refractivity contribution in [3.8, 4) is 5.75 Å². The molecule has 318 valence electrons. The lowest BCUT2D eigenvalue weighted by molar-refractivity contribution is -0.271. The van der Waals surface area contributed by atoms with Gasteiger partial charge in [-0.15, -0.1) is 9.24 Å². The molecule has 1 aromatic rings. The summed E-state index contributed by atoms with van der Waals surface area (Å²) in [6, 6.07) is 2.95. The number of nitrogens with one attached hydrogen (secondary N) is 1. The number of esters is 1. The van der Waals surface area contributed by atoms with E-state index in [9.17, 15) is 57.6 Å². The van der Waals surface area contributed by atoms with Crippen LogP contribution in [0, 0.1) is 5.41 Å². The Morgan fingerprint density at radius 1 is 1.04 bits per heavy atom. The van der Waals surface area contributed by atoms with Gasteiger partial charge in [0.25, 0.3) is 10.1 Å². The van der Waals surface area contributed by atoms with Crippen molar-refractivity contribution in [3.05, 3.63) is 29.3 Å². The molecular formula is C35H50N3O17PS. The molecule has 0 aromatic heterocycles. The highest BCUT2D eigenvalue weighted by Gasteiger charge is 2.51. The number of ether oxygens (including phenoxy) is 4. The molecule has 3 saturated heterocycles. The van der Waals surface area contributed by atoms with E-state index >= 15 is 0 Å². The summed E-state index contributed by atoms with van der Waals surface area (Å²) >= 11 is 0. The van der Waals surface area contributed by atoms with Crippen LogP contribution in [0.4, 0.5) is 0 Å². The lowest BCUT2D eigenvalue weighted by Gasteiger charge is -2.38. The molecule has 0 saturated carbocycles. The van der Waals surface area contributed by atoms with Crippen molar-refractivity contribution in [3.63, 3.8) is 0 Å². The van der Waals surface area contributed by atoms with E-state index in [-0.39, 0.29) is 45.0 Å². The Bertz CT molecular complexity index is 1790. The van der Waals surface area contributed by atoms with E-state index < -0.39 is 112 Å². The average Bonchev–Trinajstić information content (AvgIpc) is 3.55. The van der Waals surface area contributed by atoms with Crippen LogP contribution in [0.1, 0.15) is 57.6 Å². The number of carbonyl (C=O) groups is 6. The Kier molecular flexibility index (Phi) is 15.5. The summed E-state index contributed by atoms with van der Waals surface area (Å²) in [7, 11) is -2.05. The van der Waals surface area contributed by atoms with E-state index in [1.807, 2.05) is 0 Å². The van der Waals surface area contributed by atoms with Gasteiger partial charge in [-0.2, -0.15) is 8.42 Å². The van der Waals surface area contributed by atoms with Gasteiger partial charge in [-0.25, -0.2) is 4.79 Å². The van der Waals surface area contributed by atoms with Crippen molar-refractivity contribution in [1.82, 2.24) is 15.1 Å². The minimum absolute atomic E-state index is 0.0368. The monoisotopic (exact) mass is 847 g/mol. The zero-order valence-corrected chi connectivity index (χ0v) is 33.6. The van der Waals surface area contributed by atoms with Gasteiger partial charge in [-0.05, 0) is 58.1 Å². The maximum absolute atomic E-state index is 13.4. The third-order valence-electron chi connectivity index (χ3n) is 9.52. The molecule has 3 fully saturated rings. The van der Waals surface area contributed by atoms with Gasteiger partial charge in [-0.1, -0.05) is 12.1 Å². The normalized spacial score (nSPS) is 26.8. The number of nitrogens with zero attached hydrogens (tertiary/aromatic N) is 2. The number of carboxylic acid groups (broad SMARTS) is 1. The number of unbranched alkanes of at least 4 members (excludes halogenated alkanes) is 1. The Labute approximate surface area is 331 Å². The van der Waals surface area contributed by atoms with Gasteiger partial charge in [0.15, 0.2) is 6.10 Å². The number of imide groups is 1. The van der Waals surface area contributed by atoms with Crippen LogP contribution in [0.15, 0.2) is 18.2 Å². The summed E-state index contributed by atoms with van der Waals surface area (Å²) in [6.07, 6.45) is -8.04.